The zero-order valence-corrected chi connectivity index (χ0v) is 19.2. The largest absolute Gasteiger partial charge is 0.455 e. The number of ether oxygens (including phenoxy) is 1. The maximum Gasteiger partial charge on any atom is 0.311 e. The van der Waals surface area contributed by atoms with Crippen LogP contribution in [0.5, 0.6) is 0 Å². The lowest BCUT2D eigenvalue weighted by Crippen LogP contribution is -2.28. The van der Waals surface area contributed by atoms with E-state index in [0.717, 1.165) is 25.8 Å². The van der Waals surface area contributed by atoms with E-state index in [1.165, 1.54) is 0 Å². The van der Waals surface area contributed by atoms with Crippen LogP contribution >= 0.6 is 31.9 Å². The van der Waals surface area contributed by atoms with Gasteiger partial charge in [-0.25, -0.2) is 0 Å². The highest BCUT2D eigenvalue weighted by Gasteiger charge is 2.36. The number of amides is 2. The molecule has 3 rings (SSSR count). The summed E-state index contributed by atoms with van der Waals surface area (Å²) in [5.41, 5.74) is 3.28. The molecule has 0 saturated carbocycles. The van der Waals surface area contributed by atoms with Crippen molar-refractivity contribution in [2.24, 2.45) is 5.92 Å². The van der Waals surface area contributed by atoms with Crippen molar-refractivity contribution in [3.05, 3.63) is 56.5 Å². The highest BCUT2D eigenvalue weighted by Crippen LogP contribution is 2.27. The second kappa shape index (κ2) is 9.09. The van der Waals surface area contributed by atoms with Gasteiger partial charge in [0.15, 0.2) is 6.61 Å². The van der Waals surface area contributed by atoms with Crippen LogP contribution in [0, 0.1) is 19.8 Å². The summed E-state index contributed by atoms with van der Waals surface area (Å²) in [6.45, 7) is 3.66. The monoisotopic (exact) mass is 522 g/mol. The van der Waals surface area contributed by atoms with E-state index in [-0.39, 0.29) is 18.9 Å². The zero-order valence-electron chi connectivity index (χ0n) is 16.0. The minimum absolute atomic E-state index is 0.0710. The Morgan fingerprint density at radius 1 is 1.14 bits per heavy atom. The first-order valence-electron chi connectivity index (χ1n) is 9.03. The number of halogens is 2. The van der Waals surface area contributed by atoms with E-state index in [9.17, 15) is 14.4 Å². The lowest BCUT2D eigenvalue weighted by atomic mass is 10.1. The number of aryl methyl sites for hydroxylation is 2. The molecule has 1 fully saturated rings. The zero-order chi connectivity index (χ0) is 21.1. The number of hydrogen-bond acceptors (Lipinski definition) is 4. The second-order valence-electron chi connectivity index (χ2n) is 6.95. The summed E-state index contributed by atoms with van der Waals surface area (Å²) in [4.78, 5) is 38.4. The Balaban J connectivity index is 1.54. The summed E-state index contributed by atoms with van der Waals surface area (Å²) in [6.07, 6.45) is 0.0710. The van der Waals surface area contributed by atoms with E-state index in [2.05, 4.69) is 37.2 Å². The molecule has 0 aliphatic carbocycles. The lowest BCUT2D eigenvalue weighted by molar-refractivity contribution is -0.151. The molecule has 2 aromatic carbocycles. The summed E-state index contributed by atoms with van der Waals surface area (Å²) < 4.78 is 7.03. The molecule has 2 aromatic rings. The average Bonchev–Trinajstić information content (AvgIpc) is 3.06. The van der Waals surface area contributed by atoms with Gasteiger partial charge in [0.25, 0.3) is 5.91 Å². The van der Waals surface area contributed by atoms with Gasteiger partial charge in [0.1, 0.15) is 0 Å². The predicted molar refractivity (Wildman–Crippen MR) is 118 cm³/mol. The number of nitrogens with one attached hydrogen (secondary N) is 1. The standard InChI is InChI=1S/C21H20Br2N2O4/c1-12-8-18(13(2)7-17(12)23)24-19(26)11-29-21(28)14-9-20(27)25(10-14)16-5-3-15(22)4-6-16/h3-8,14H,9-11H2,1-2H3,(H,24,26)/t14-/m1/s1. The second-order valence-corrected chi connectivity index (χ2v) is 8.72. The smallest absolute Gasteiger partial charge is 0.311 e. The van der Waals surface area contributed by atoms with E-state index in [4.69, 9.17) is 4.74 Å². The van der Waals surface area contributed by atoms with Gasteiger partial charge < -0.3 is 15.0 Å². The lowest BCUT2D eigenvalue weighted by Gasteiger charge is -2.16. The highest BCUT2D eigenvalue weighted by molar-refractivity contribution is 9.10. The van der Waals surface area contributed by atoms with Crippen LogP contribution in [0.1, 0.15) is 17.5 Å². The van der Waals surface area contributed by atoms with Crippen molar-refractivity contribution in [1.29, 1.82) is 0 Å². The summed E-state index contributed by atoms with van der Waals surface area (Å²) in [7, 11) is 0. The minimum Gasteiger partial charge on any atom is -0.455 e. The maximum absolute atomic E-state index is 12.3. The molecule has 1 N–H and O–H groups in total. The third kappa shape index (κ3) is 5.25. The van der Waals surface area contributed by atoms with Gasteiger partial charge in [-0.2, -0.15) is 0 Å². The van der Waals surface area contributed by atoms with Crippen molar-refractivity contribution < 1.29 is 19.1 Å². The molecule has 8 heteroatoms. The number of rotatable bonds is 5. The van der Waals surface area contributed by atoms with Crippen molar-refractivity contribution in [2.45, 2.75) is 20.3 Å². The predicted octanol–water partition coefficient (Wildman–Crippen LogP) is 4.36. The fourth-order valence-corrected chi connectivity index (χ4v) is 3.81. The van der Waals surface area contributed by atoms with Crippen LogP contribution in [0.4, 0.5) is 11.4 Å². The molecule has 0 aromatic heterocycles. The SMILES string of the molecule is Cc1cc(NC(=O)COC(=O)[C@@H]2CC(=O)N(c3ccc(Br)cc3)C2)c(C)cc1Br. The summed E-state index contributed by atoms with van der Waals surface area (Å²) in [5, 5.41) is 2.75. The molecule has 1 aliphatic rings. The Morgan fingerprint density at radius 2 is 1.83 bits per heavy atom. The molecular weight excluding hydrogens is 504 g/mol. The Hall–Kier alpha value is -2.19. The van der Waals surface area contributed by atoms with Crippen LogP contribution in [0.25, 0.3) is 0 Å². The number of hydrogen-bond donors (Lipinski definition) is 1. The number of nitrogens with zero attached hydrogens (tertiary/aromatic N) is 1. The molecule has 1 aliphatic heterocycles. The molecular formula is C21H20Br2N2O4. The van der Waals surface area contributed by atoms with Crippen LogP contribution in [-0.4, -0.2) is 30.9 Å². The third-order valence-electron chi connectivity index (χ3n) is 4.72. The van der Waals surface area contributed by atoms with E-state index >= 15 is 0 Å². The van der Waals surface area contributed by atoms with Gasteiger partial charge in [-0.15, -0.1) is 0 Å². The molecule has 0 spiro atoms. The van der Waals surface area contributed by atoms with Gasteiger partial charge in [0.2, 0.25) is 5.91 Å². The Bertz CT molecular complexity index is 960. The van der Waals surface area contributed by atoms with Gasteiger partial charge in [0.05, 0.1) is 5.92 Å². The molecule has 1 heterocycles. The van der Waals surface area contributed by atoms with Crippen molar-refractivity contribution in [3.63, 3.8) is 0 Å². The highest BCUT2D eigenvalue weighted by atomic mass is 79.9. The first-order chi connectivity index (χ1) is 13.7. The maximum atomic E-state index is 12.3. The van der Waals surface area contributed by atoms with E-state index in [0.29, 0.717) is 5.69 Å². The van der Waals surface area contributed by atoms with E-state index < -0.39 is 24.4 Å². The van der Waals surface area contributed by atoms with Crippen molar-refractivity contribution in [2.75, 3.05) is 23.4 Å². The number of anilines is 2. The van der Waals surface area contributed by atoms with Crippen LogP contribution in [0.15, 0.2) is 45.3 Å². The molecule has 1 atom stereocenters. The Kier molecular flexibility index (Phi) is 6.74. The molecule has 0 unspecified atom stereocenters. The number of carbonyl (C=O) groups is 3. The molecule has 6 nitrogen and oxygen atoms in total. The minimum atomic E-state index is -0.587. The van der Waals surface area contributed by atoms with Gasteiger partial charge in [0, 0.05) is 33.3 Å². The van der Waals surface area contributed by atoms with Gasteiger partial charge in [-0.3, -0.25) is 14.4 Å². The van der Waals surface area contributed by atoms with Crippen LogP contribution in [0.3, 0.4) is 0 Å². The Labute approximate surface area is 185 Å². The normalized spacial score (nSPS) is 16.1. The van der Waals surface area contributed by atoms with E-state index in [1.54, 1.807) is 4.90 Å². The van der Waals surface area contributed by atoms with Gasteiger partial charge in [-0.05, 0) is 61.4 Å². The van der Waals surface area contributed by atoms with Gasteiger partial charge in [-0.1, -0.05) is 31.9 Å². The van der Waals surface area contributed by atoms with Crippen LogP contribution < -0.4 is 10.2 Å². The van der Waals surface area contributed by atoms with Crippen molar-refractivity contribution >= 4 is 61.0 Å². The topological polar surface area (TPSA) is 75.7 Å². The van der Waals surface area contributed by atoms with E-state index in [1.807, 2.05) is 50.2 Å². The fourth-order valence-electron chi connectivity index (χ4n) is 3.09. The molecule has 2 amide bonds. The quantitative estimate of drug-likeness (QED) is 0.591. The molecule has 0 bridgehead atoms. The van der Waals surface area contributed by atoms with Crippen molar-refractivity contribution in [3.8, 4) is 0 Å². The third-order valence-corrected chi connectivity index (χ3v) is 6.10. The van der Waals surface area contributed by atoms with Crippen LogP contribution in [-0.2, 0) is 19.1 Å². The average molecular weight is 524 g/mol. The fraction of sp³-hybridized carbons (Fsp3) is 0.286. The number of esters is 1. The number of benzene rings is 2. The number of carbonyl (C=O) groups excluding carboxylic acids is 3. The summed E-state index contributed by atoms with van der Waals surface area (Å²) >= 11 is 6.80. The van der Waals surface area contributed by atoms with Gasteiger partial charge >= 0.3 is 5.97 Å². The summed E-state index contributed by atoms with van der Waals surface area (Å²) in [5.74, 6) is -1.69. The van der Waals surface area contributed by atoms with Crippen molar-refractivity contribution in [1.82, 2.24) is 0 Å². The molecule has 29 heavy (non-hydrogen) atoms. The molecule has 1 saturated heterocycles. The summed E-state index contributed by atoms with van der Waals surface area (Å²) in [6, 6.07) is 11.1. The Morgan fingerprint density at radius 3 is 2.52 bits per heavy atom. The first kappa shape index (κ1) is 21.5. The van der Waals surface area contributed by atoms with Crippen LogP contribution in [0.2, 0.25) is 0 Å². The molecule has 0 radical (unpaired) electrons. The molecule has 152 valence electrons. The first-order valence-corrected chi connectivity index (χ1v) is 10.6.